The topological polar surface area (TPSA) is 66.4 Å². The molecule has 6 heteroatoms. The van der Waals surface area contributed by atoms with Crippen LogP contribution in [0.4, 0.5) is 0 Å². The van der Waals surface area contributed by atoms with Crippen molar-refractivity contribution in [1.29, 1.82) is 0 Å². The summed E-state index contributed by atoms with van der Waals surface area (Å²) in [5.41, 5.74) is 0. The van der Waals surface area contributed by atoms with Gasteiger partial charge in [-0.2, -0.15) is 0 Å². The molecule has 0 aromatic rings. The van der Waals surface area contributed by atoms with Gasteiger partial charge >= 0.3 is 0 Å². The number of rotatable bonds is 1. The van der Waals surface area contributed by atoms with E-state index in [9.17, 15) is 5.11 Å². The molecule has 7 atom stereocenters. The molecule has 0 aromatic carbocycles. The maximum Gasteiger partial charge on any atom is 0.190 e. The Hall–Kier alpha value is -0.240. The molecule has 3 heterocycles. The van der Waals surface area contributed by atoms with E-state index in [0.717, 1.165) is 0 Å². The van der Waals surface area contributed by atoms with Gasteiger partial charge in [0.1, 0.15) is 24.4 Å². The van der Waals surface area contributed by atoms with Gasteiger partial charge in [-0.1, -0.05) is 0 Å². The number of aliphatic hydroxyl groups is 1. The number of aliphatic hydroxyl groups excluding tert-OH is 1. The fourth-order valence-corrected chi connectivity index (χ4v) is 2.52. The molecular formula is C10H16O6. The standard InChI is InChI=1S/C10H16O6/c1-4-12-7-6(3-11)16-10-9(8(7)13-4)14-5(2)15-10/h4-11H,3H2,1-2H3. The Labute approximate surface area is 93.4 Å². The van der Waals surface area contributed by atoms with E-state index in [0.29, 0.717) is 0 Å². The zero-order valence-electron chi connectivity index (χ0n) is 9.24. The lowest BCUT2D eigenvalue weighted by atomic mass is 9.99. The van der Waals surface area contributed by atoms with Gasteiger partial charge in [-0.15, -0.1) is 0 Å². The number of hydrogen-bond acceptors (Lipinski definition) is 6. The van der Waals surface area contributed by atoms with E-state index in [1.807, 2.05) is 13.8 Å². The van der Waals surface area contributed by atoms with Crippen LogP contribution >= 0.6 is 0 Å². The molecule has 3 saturated heterocycles. The smallest absolute Gasteiger partial charge is 0.190 e. The maximum atomic E-state index is 9.25. The molecule has 0 spiro atoms. The van der Waals surface area contributed by atoms with Crippen molar-refractivity contribution in [3.05, 3.63) is 0 Å². The summed E-state index contributed by atoms with van der Waals surface area (Å²) in [5.74, 6) is 0. The molecular weight excluding hydrogens is 216 g/mol. The molecule has 0 radical (unpaired) electrons. The van der Waals surface area contributed by atoms with Gasteiger partial charge in [0.05, 0.1) is 6.61 Å². The number of ether oxygens (including phenoxy) is 5. The normalized spacial score (nSPS) is 56.1. The van der Waals surface area contributed by atoms with Crippen LogP contribution in [-0.2, 0) is 23.7 Å². The van der Waals surface area contributed by atoms with E-state index in [1.54, 1.807) is 0 Å². The highest BCUT2D eigenvalue weighted by atomic mass is 16.8. The maximum absolute atomic E-state index is 9.25. The first-order valence-electron chi connectivity index (χ1n) is 5.57. The van der Waals surface area contributed by atoms with Crippen molar-refractivity contribution in [1.82, 2.24) is 0 Å². The molecule has 6 nitrogen and oxygen atoms in total. The Morgan fingerprint density at radius 1 is 0.812 bits per heavy atom. The molecule has 3 aliphatic rings. The van der Waals surface area contributed by atoms with Gasteiger partial charge < -0.3 is 28.8 Å². The van der Waals surface area contributed by atoms with Crippen molar-refractivity contribution in [2.75, 3.05) is 6.61 Å². The number of hydrogen-bond donors (Lipinski definition) is 1. The predicted molar refractivity (Wildman–Crippen MR) is 50.4 cm³/mol. The van der Waals surface area contributed by atoms with Crippen LogP contribution in [0.3, 0.4) is 0 Å². The summed E-state index contributed by atoms with van der Waals surface area (Å²) in [5, 5.41) is 9.25. The summed E-state index contributed by atoms with van der Waals surface area (Å²) in [6.45, 7) is 3.52. The van der Waals surface area contributed by atoms with Crippen molar-refractivity contribution in [2.24, 2.45) is 0 Å². The lowest BCUT2D eigenvalue weighted by Crippen LogP contribution is -2.56. The molecule has 0 amide bonds. The van der Waals surface area contributed by atoms with Crippen molar-refractivity contribution in [2.45, 2.75) is 57.1 Å². The lowest BCUT2D eigenvalue weighted by Gasteiger charge is -2.36. The van der Waals surface area contributed by atoms with Crippen LogP contribution in [0.15, 0.2) is 0 Å². The Balaban J connectivity index is 1.82. The highest BCUT2D eigenvalue weighted by Gasteiger charge is 2.56. The van der Waals surface area contributed by atoms with E-state index >= 15 is 0 Å². The van der Waals surface area contributed by atoms with Crippen molar-refractivity contribution in [3.8, 4) is 0 Å². The molecule has 3 aliphatic heterocycles. The second kappa shape index (κ2) is 3.90. The average molecular weight is 232 g/mol. The van der Waals surface area contributed by atoms with Gasteiger partial charge in [0.2, 0.25) is 0 Å². The first-order valence-corrected chi connectivity index (χ1v) is 5.57. The largest absolute Gasteiger partial charge is 0.394 e. The fraction of sp³-hybridized carbons (Fsp3) is 1.00. The quantitative estimate of drug-likeness (QED) is 0.663. The third-order valence-electron chi connectivity index (χ3n) is 3.14. The van der Waals surface area contributed by atoms with E-state index in [2.05, 4.69) is 0 Å². The molecule has 0 saturated carbocycles. The molecule has 0 aromatic heterocycles. The zero-order valence-corrected chi connectivity index (χ0v) is 9.24. The van der Waals surface area contributed by atoms with Crippen LogP contribution < -0.4 is 0 Å². The third kappa shape index (κ3) is 1.57. The summed E-state index contributed by atoms with van der Waals surface area (Å²) in [6.07, 6.45) is -2.27. The van der Waals surface area contributed by atoms with E-state index in [4.69, 9.17) is 23.7 Å². The third-order valence-corrected chi connectivity index (χ3v) is 3.14. The van der Waals surface area contributed by atoms with Gasteiger partial charge in [-0.25, -0.2) is 0 Å². The van der Waals surface area contributed by atoms with E-state index < -0.39 is 12.4 Å². The highest BCUT2D eigenvalue weighted by Crippen LogP contribution is 2.38. The molecule has 3 rings (SSSR count). The zero-order chi connectivity index (χ0) is 11.3. The summed E-state index contributed by atoms with van der Waals surface area (Å²) in [4.78, 5) is 0. The Kier molecular flexibility index (Phi) is 2.66. The summed E-state index contributed by atoms with van der Waals surface area (Å²) in [6, 6.07) is 0. The Morgan fingerprint density at radius 2 is 1.44 bits per heavy atom. The minimum absolute atomic E-state index is 0.113. The molecule has 92 valence electrons. The highest BCUT2D eigenvalue weighted by molar-refractivity contribution is 4.96. The summed E-state index contributed by atoms with van der Waals surface area (Å²) < 4.78 is 27.8. The molecule has 1 N–H and O–H groups in total. The SMILES string of the molecule is CC1OC2OC(CO)C3OC(C)OC3C2O1. The van der Waals surface area contributed by atoms with Gasteiger partial charge in [0, 0.05) is 0 Å². The molecule has 3 fully saturated rings. The molecule has 7 unspecified atom stereocenters. The van der Waals surface area contributed by atoms with Crippen LogP contribution in [0.1, 0.15) is 13.8 Å². The van der Waals surface area contributed by atoms with Crippen LogP contribution in [-0.4, -0.2) is 55.0 Å². The Morgan fingerprint density at radius 3 is 2.19 bits per heavy atom. The van der Waals surface area contributed by atoms with Crippen LogP contribution in [0.5, 0.6) is 0 Å². The Bertz CT molecular complexity index is 262. The second-order valence-corrected chi connectivity index (χ2v) is 4.30. The minimum atomic E-state index is -0.470. The predicted octanol–water partition coefficient (Wildman–Crippen LogP) is -0.405. The number of fused-ring (bicyclic) bond motifs is 3. The summed E-state index contributed by atoms with van der Waals surface area (Å²) >= 11 is 0. The monoisotopic (exact) mass is 232 g/mol. The van der Waals surface area contributed by atoms with Crippen LogP contribution in [0, 0.1) is 0 Å². The van der Waals surface area contributed by atoms with Gasteiger partial charge in [-0.05, 0) is 13.8 Å². The molecule has 16 heavy (non-hydrogen) atoms. The summed E-state index contributed by atoms with van der Waals surface area (Å²) in [7, 11) is 0. The van der Waals surface area contributed by atoms with Crippen LogP contribution in [0.25, 0.3) is 0 Å². The van der Waals surface area contributed by atoms with Gasteiger partial charge in [0.25, 0.3) is 0 Å². The van der Waals surface area contributed by atoms with E-state index in [-0.39, 0.29) is 37.5 Å². The van der Waals surface area contributed by atoms with Gasteiger partial charge in [-0.3, -0.25) is 0 Å². The van der Waals surface area contributed by atoms with Crippen molar-refractivity contribution < 1.29 is 28.8 Å². The first-order chi connectivity index (χ1) is 7.69. The molecule has 0 bridgehead atoms. The minimum Gasteiger partial charge on any atom is -0.394 e. The lowest BCUT2D eigenvalue weighted by molar-refractivity contribution is -0.229. The van der Waals surface area contributed by atoms with Crippen molar-refractivity contribution in [3.63, 3.8) is 0 Å². The van der Waals surface area contributed by atoms with E-state index in [1.165, 1.54) is 0 Å². The first kappa shape index (κ1) is 10.9. The average Bonchev–Trinajstić information content (AvgIpc) is 2.78. The van der Waals surface area contributed by atoms with Crippen LogP contribution in [0.2, 0.25) is 0 Å². The molecule has 0 aliphatic carbocycles. The fourth-order valence-electron chi connectivity index (χ4n) is 2.52. The second-order valence-electron chi connectivity index (χ2n) is 4.30. The van der Waals surface area contributed by atoms with Gasteiger partial charge in [0.15, 0.2) is 18.9 Å². The van der Waals surface area contributed by atoms with Crippen molar-refractivity contribution >= 4 is 0 Å².